The van der Waals surface area contributed by atoms with E-state index in [9.17, 15) is 13.2 Å². The van der Waals surface area contributed by atoms with Gasteiger partial charge in [-0.1, -0.05) is 51.2 Å². The van der Waals surface area contributed by atoms with Crippen molar-refractivity contribution in [3.8, 4) is 17.3 Å². The molecule has 1 aromatic carbocycles. The topological polar surface area (TPSA) is 117 Å². The average Bonchev–Trinajstić information content (AvgIpc) is 3.49. The smallest absolute Gasteiger partial charge is 0.382 e. The summed E-state index contributed by atoms with van der Waals surface area (Å²) in [4.78, 5) is 13.2. The summed E-state index contributed by atoms with van der Waals surface area (Å²) >= 11 is 1.16. The first-order valence-electron chi connectivity index (χ1n) is 11.0. The number of fused-ring (bicyclic) bond motifs is 1. The normalized spacial score (nSPS) is 10.5. The fourth-order valence-corrected chi connectivity index (χ4v) is 3.56. The molecule has 0 spiro atoms. The molecular weight excluding hydrogens is 477 g/mol. The lowest BCUT2D eigenvalue weighted by molar-refractivity contribution is -0.137. The van der Waals surface area contributed by atoms with Gasteiger partial charge in [-0.3, -0.25) is 0 Å². The molecule has 3 heterocycles. The molecule has 0 aliphatic carbocycles. The highest BCUT2D eigenvalue weighted by molar-refractivity contribution is 7.16. The van der Waals surface area contributed by atoms with Gasteiger partial charge in [-0.05, 0) is 12.1 Å². The van der Waals surface area contributed by atoms with E-state index in [0.29, 0.717) is 45.8 Å². The fourth-order valence-electron chi connectivity index (χ4n) is 2.86. The maximum absolute atomic E-state index is 12.8. The first-order chi connectivity index (χ1) is 16.8. The van der Waals surface area contributed by atoms with Crippen molar-refractivity contribution in [1.29, 1.82) is 5.26 Å². The van der Waals surface area contributed by atoms with Crippen LogP contribution >= 0.6 is 11.3 Å². The molecule has 0 fully saturated rings. The molecule has 4 N–H and O–H groups in total. The average molecular weight is 505 g/mol. The van der Waals surface area contributed by atoms with Gasteiger partial charge in [-0.25, -0.2) is 15.0 Å². The van der Waals surface area contributed by atoms with E-state index in [2.05, 4.69) is 25.6 Å². The van der Waals surface area contributed by atoms with Crippen molar-refractivity contribution in [2.75, 3.05) is 29.5 Å². The Morgan fingerprint density at radius 2 is 1.71 bits per heavy atom. The van der Waals surface area contributed by atoms with Crippen molar-refractivity contribution in [2.45, 2.75) is 33.9 Å². The van der Waals surface area contributed by atoms with Gasteiger partial charge >= 0.3 is 6.18 Å². The SMILES string of the molecule is CC.CC.N#Cc1sc(NCCNc2nc(-c3ccc(C(F)(F)F)cc3)cn3ccnc23)nc1N. The van der Waals surface area contributed by atoms with Gasteiger partial charge in [0.1, 0.15) is 10.9 Å². The van der Waals surface area contributed by atoms with Crippen LogP contribution in [0.1, 0.15) is 38.1 Å². The fraction of sp³-hybridized carbons (Fsp3) is 0.304. The van der Waals surface area contributed by atoms with Crippen molar-refractivity contribution in [3.05, 3.63) is 53.3 Å². The highest BCUT2D eigenvalue weighted by atomic mass is 32.1. The Hall–Kier alpha value is -3.85. The number of halogens is 3. The minimum absolute atomic E-state index is 0.188. The van der Waals surface area contributed by atoms with E-state index in [0.717, 1.165) is 23.5 Å². The van der Waals surface area contributed by atoms with Crippen LogP contribution in [0.5, 0.6) is 0 Å². The molecule has 0 radical (unpaired) electrons. The number of hydrogen-bond acceptors (Lipinski definition) is 8. The molecule has 0 aliphatic heterocycles. The third-order valence-electron chi connectivity index (χ3n) is 4.33. The van der Waals surface area contributed by atoms with Gasteiger partial charge in [0.05, 0.1) is 11.3 Å². The summed E-state index contributed by atoms with van der Waals surface area (Å²) in [5.74, 6) is 0.675. The van der Waals surface area contributed by atoms with Crippen molar-refractivity contribution in [1.82, 2.24) is 19.4 Å². The lowest BCUT2D eigenvalue weighted by Gasteiger charge is -2.11. The maximum atomic E-state index is 12.8. The van der Waals surface area contributed by atoms with E-state index < -0.39 is 11.7 Å². The van der Waals surface area contributed by atoms with E-state index in [4.69, 9.17) is 11.0 Å². The number of nitrogens with two attached hydrogens (primary N) is 1. The number of rotatable bonds is 6. The molecule has 0 aliphatic rings. The number of nitrogens with zero attached hydrogens (tertiary/aromatic N) is 5. The summed E-state index contributed by atoms with van der Waals surface area (Å²) in [7, 11) is 0. The van der Waals surface area contributed by atoms with Crippen molar-refractivity contribution < 1.29 is 13.2 Å². The lowest BCUT2D eigenvalue weighted by Crippen LogP contribution is -2.15. The summed E-state index contributed by atoms with van der Waals surface area (Å²) in [5, 5.41) is 15.7. The van der Waals surface area contributed by atoms with E-state index in [1.165, 1.54) is 12.1 Å². The monoisotopic (exact) mass is 504 g/mol. The Morgan fingerprint density at radius 1 is 1.06 bits per heavy atom. The van der Waals surface area contributed by atoms with Crippen molar-refractivity contribution in [2.24, 2.45) is 0 Å². The quantitative estimate of drug-likeness (QED) is 0.280. The predicted molar refractivity (Wildman–Crippen MR) is 134 cm³/mol. The molecule has 4 aromatic rings. The molecule has 12 heteroatoms. The molecule has 0 atom stereocenters. The number of thiazole rings is 1. The van der Waals surface area contributed by atoms with Crippen LogP contribution in [0.2, 0.25) is 0 Å². The molecular formula is C23H27F3N8S. The van der Waals surface area contributed by atoms with Crippen LogP contribution in [0.3, 0.4) is 0 Å². The van der Waals surface area contributed by atoms with Crippen molar-refractivity contribution in [3.63, 3.8) is 0 Å². The Morgan fingerprint density at radius 3 is 2.31 bits per heavy atom. The van der Waals surface area contributed by atoms with Crippen LogP contribution in [-0.2, 0) is 6.18 Å². The number of benzene rings is 1. The molecule has 35 heavy (non-hydrogen) atoms. The number of alkyl halides is 3. The molecule has 3 aromatic heterocycles. The Kier molecular flexibility index (Phi) is 9.84. The van der Waals surface area contributed by atoms with E-state index in [1.807, 2.05) is 33.8 Å². The third kappa shape index (κ3) is 6.83. The first kappa shape index (κ1) is 27.4. The van der Waals surface area contributed by atoms with Crippen LogP contribution in [0.4, 0.5) is 29.9 Å². The van der Waals surface area contributed by atoms with E-state index in [-0.39, 0.29) is 5.82 Å². The van der Waals surface area contributed by atoms with Crippen LogP contribution in [0.25, 0.3) is 16.9 Å². The molecule has 8 nitrogen and oxygen atoms in total. The van der Waals surface area contributed by atoms with Crippen LogP contribution in [-0.4, -0.2) is 32.4 Å². The molecule has 0 saturated carbocycles. The van der Waals surface area contributed by atoms with Crippen LogP contribution < -0.4 is 16.4 Å². The second-order valence-corrected chi connectivity index (χ2v) is 7.41. The molecule has 0 unspecified atom stereocenters. The van der Waals surface area contributed by atoms with Gasteiger partial charge < -0.3 is 20.8 Å². The van der Waals surface area contributed by atoms with Gasteiger partial charge in [0.25, 0.3) is 0 Å². The zero-order valence-electron chi connectivity index (χ0n) is 19.8. The highest BCUT2D eigenvalue weighted by Gasteiger charge is 2.30. The van der Waals surface area contributed by atoms with Crippen LogP contribution in [0.15, 0.2) is 42.9 Å². The minimum Gasteiger partial charge on any atom is -0.382 e. The van der Waals surface area contributed by atoms with Crippen molar-refractivity contribution >= 4 is 33.8 Å². The van der Waals surface area contributed by atoms with E-state index >= 15 is 0 Å². The standard InChI is InChI=1S/C19H15F3N8S.2C2H6/c20-19(21,22)12-3-1-11(2-4-12)13-10-30-8-7-26-17(30)16(28-13)25-5-6-27-18-29-15(24)14(9-23)31-18;2*1-2/h1-4,7-8,10H,5-6,24H2,(H,25,28)(H,27,29);2*1-2H3. The van der Waals surface area contributed by atoms with E-state index in [1.54, 1.807) is 23.0 Å². The summed E-state index contributed by atoms with van der Waals surface area (Å²) in [6, 6.07) is 6.81. The van der Waals surface area contributed by atoms with Gasteiger partial charge in [0, 0.05) is 37.2 Å². The second-order valence-electron chi connectivity index (χ2n) is 6.41. The predicted octanol–water partition coefficient (Wildman–Crippen LogP) is 5.90. The second kappa shape index (κ2) is 12.6. The summed E-state index contributed by atoms with van der Waals surface area (Å²) < 4.78 is 40.2. The first-order valence-corrected chi connectivity index (χ1v) is 11.8. The molecule has 4 rings (SSSR count). The van der Waals surface area contributed by atoms with Crippen LogP contribution in [0, 0.1) is 11.3 Å². The summed E-state index contributed by atoms with van der Waals surface area (Å²) in [6.07, 6.45) is 0.653. The third-order valence-corrected chi connectivity index (χ3v) is 5.26. The minimum atomic E-state index is -4.39. The number of nitrogens with one attached hydrogen (secondary N) is 2. The zero-order chi connectivity index (χ0) is 26.0. The lowest BCUT2D eigenvalue weighted by atomic mass is 10.1. The summed E-state index contributed by atoms with van der Waals surface area (Å²) in [6.45, 7) is 8.92. The Labute approximate surface area is 205 Å². The summed E-state index contributed by atoms with van der Waals surface area (Å²) in [5.41, 5.74) is 6.56. The van der Waals surface area contributed by atoms with Gasteiger partial charge in [-0.2, -0.15) is 18.4 Å². The van der Waals surface area contributed by atoms with Gasteiger partial charge in [0.15, 0.2) is 22.4 Å². The molecule has 0 amide bonds. The zero-order valence-corrected chi connectivity index (χ0v) is 20.6. The Bertz CT molecular complexity index is 1260. The number of nitrogen functional groups attached to an aromatic ring is 1. The largest absolute Gasteiger partial charge is 0.416 e. The van der Waals surface area contributed by atoms with Gasteiger partial charge in [0.2, 0.25) is 0 Å². The molecule has 0 saturated heterocycles. The van der Waals surface area contributed by atoms with Gasteiger partial charge in [-0.15, -0.1) is 0 Å². The number of hydrogen-bond donors (Lipinski definition) is 3. The highest BCUT2D eigenvalue weighted by Crippen LogP contribution is 2.31. The molecule has 0 bridgehead atoms. The number of imidazole rings is 1. The molecule has 186 valence electrons. The maximum Gasteiger partial charge on any atom is 0.416 e. The number of nitriles is 1. The number of aromatic nitrogens is 4. The number of anilines is 3. The Balaban J connectivity index is 0.00000103.